The van der Waals surface area contributed by atoms with Gasteiger partial charge in [-0.15, -0.1) is 11.3 Å². The molecule has 0 aliphatic carbocycles. The first kappa shape index (κ1) is 29.6. The third-order valence-electron chi connectivity index (χ3n) is 5.05. The molecular weight excluding hydrogens is 570 g/mol. The van der Waals surface area contributed by atoms with Gasteiger partial charge in [0.25, 0.3) is 21.8 Å². The molecule has 0 saturated heterocycles. The number of halogens is 1. The normalized spacial score (nSPS) is 10.9. The largest absolute Gasteiger partial charge is 0.462 e. The van der Waals surface area contributed by atoms with E-state index in [2.05, 4.69) is 10.0 Å². The van der Waals surface area contributed by atoms with E-state index >= 15 is 0 Å². The minimum atomic E-state index is -3.97. The highest BCUT2D eigenvalue weighted by atomic mass is 35.5. The standard InChI is InChI=1S/C25H24ClN3O8S2/c1-4-36-24(32)20-14(3)19(22(31)28-25(33)37-5-2)23(38-20)27-21(30)15-7-6-8-17(13-15)29-39(34,35)18-11-9-16(26)10-12-18/h6-13,29H,4-5H2,1-3H3,(H,27,30)(H,28,31,33). The maximum absolute atomic E-state index is 13.1. The Labute approximate surface area is 233 Å². The van der Waals surface area contributed by atoms with Gasteiger partial charge in [0, 0.05) is 16.3 Å². The van der Waals surface area contributed by atoms with Gasteiger partial charge in [-0.25, -0.2) is 18.0 Å². The Bertz CT molecular complexity index is 1520. The molecule has 1 heterocycles. The zero-order valence-electron chi connectivity index (χ0n) is 21.0. The fourth-order valence-corrected chi connectivity index (χ4v) is 5.58. The number of nitrogens with one attached hydrogen (secondary N) is 3. The van der Waals surface area contributed by atoms with E-state index in [1.165, 1.54) is 55.5 Å². The lowest BCUT2D eigenvalue weighted by Crippen LogP contribution is -2.32. The lowest BCUT2D eigenvalue weighted by molar-refractivity contribution is 0.0531. The Hall–Kier alpha value is -3.94. The summed E-state index contributed by atoms with van der Waals surface area (Å²) in [7, 11) is -3.97. The number of hydrogen-bond acceptors (Lipinski definition) is 9. The predicted molar refractivity (Wildman–Crippen MR) is 146 cm³/mol. The van der Waals surface area contributed by atoms with Crippen LogP contribution in [-0.4, -0.2) is 45.5 Å². The highest BCUT2D eigenvalue weighted by Crippen LogP contribution is 2.34. The smallest absolute Gasteiger partial charge is 0.414 e. The Morgan fingerprint density at radius 1 is 0.949 bits per heavy atom. The van der Waals surface area contributed by atoms with Gasteiger partial charge in [0.2, 0.25) is 0 Å². The van der Waals surface area contributed by atoms with Crippen LogP contribution in [0.5, 0.6) is 0 Å². The van der Waals surface area contributed by atoms with Crippen LogP contribution in [0.25, 0.3) is 0 Å². The van der Waals surface area contributed by atoms with E-state index in [-0.39, 0.29) is 50.4 Å². The number of imide groups is 1. The van der Waals surface area contributed by atoms with Gasteiger partial charge < -0.3 is 14.8 Å². The van der Waals surface area contributed by atoms with Crippen LogP contribution < -0.4 is 15.4 Å². The van der Waals surface area contributed by atoms with Crippen LogP contribution in [-0.2, 0) is 19.5 Å². The number of ether oxygens (including phenoxy) is 2. The molecule has 2 aromatic carbocycles. The summed E-state index contributed by atoms with van der Waals surface area (Å²) in [6.45, 7) is 4.77. The predicted octanol–water partition coefficient (Wildman–Crippen LogP) is 4.83. The van der Waals surface area contributed by atoms with Crippen molar-refractivity contribution < 1.29 is 37.1 Å². The second kappa shape index (κ2) is 12.7. The minimum absolute atomic E-state index is 0.0190. The number of hydrogen-bond donors (Lipinski definition) is 3. The Morgan fingerprint density at radius 3 is 2.26 bits per heavy atom. The molecule has 0 bridgehead atoms. The van der Waals surface area contributed by atoms with Crippen molar-refractivity contribution in [3.8, 4) is 0 Å². The fraction of sp³-hybridized carbons (Fsp3) is 0.200. The van der Waals surface area contributed by atoms with Gasteiger partial charge in [0.05, 0.1) is 23.7 Å². The summed E-state index contributed by atoms with van der Waals surface area (Å²) in [4.78, 5) is 50.2. The minimum Gasteiger partial charge on any atom is -0.462 e. The molecule has 0 aliphatic heterocycles. The quantitative estimate of drug-likeness (QED) is 0.298. The Morgan fingerprint density at radius 2 is 1.62 bits per heavy atom. The van der Waals surface area contributed by atoms with Crippen LogP contribution >= 0.6 is 22.9 Å². The first-order valence-corrected chi connectivity index (χ1v) is 14.1. The molecule has 0 atom stereocenters. The van der Waals surface area contributed by atoms with E-state index < -0.39 is 33.9 Å². The number of amides is 3. The van der Waals surface area contributed by atoms with E-state index in [1.807, 2.05) is 5.32 Å². The summed E-state index contributed by atoms with van der Waals surface area (Å²) in [6, 6.07) is 11.2. The number of carbonyl (C=O) groups is 4. The van der Waals surface area contributed by atoms with E-state index in [0.717, 1.165) is 11.3 Å². The van der Waals surface area contributed by atoms with E-state index in [9.17, 15) is 27.6 Å². The molecule has 0 aliphatic rings. The number of esters is 1. The Balaban J connectivity index is 1.90. The lowest BCUT2D eigenvalue weighted by Gasteiger charge is -2.11. The van der Waals surface area contributed by atoms with Crippen molar-refractivity contribution in [3.63, 3.8) is 0 Å². The molecule has 3 aromatic rings. The highest BCUT2D eigenvalue weighted by molar-refractivity contribution is 7.92. The van der Waals surface area contributed by atoms with Crippen molar-refractivity contribution >= 4 is 67.5 Å². The average molecular weight is 594 g/mol. The zero-order chi connectivity index (χ0) is 28.7. The summed E-state index contributed by atoms with van der Waals surface area (Å²) in [5, 5.41) is 4.97. The second-order valence-corrected chi connectivity index (χ2v) is 10.9. The van der Waals surface area contributed by atoms with E-state index in [0.29, 0.717) is 5.02 Å². The molecule has 11 nitrogen and oxygen atoms in total. The van der Waals surface area contributed by atoms with Crippen molar-refractivity contribution in [2.24, 2.45) is 0 Å². The molecule has 3 N–H and O–H groups in total. The molecular formula is C25H24ClN3O8S2. The van der Waals surface area contributed by atoms with E-state index in [1.54, 1.807) is 13.8 Å². The van der Waals surface area contributed by atoms with Crippen LogP contribution in [0.4, 0.5) is 15.5 Å². The summed E-state index contributed by atoms with van der Waals surface area (Å²) in [5.74, 6) is -2.30. The molecule has 14 heteroatoms. The second-order valence-electron chi connectivity index (χ2n) is 7.75. The number of carbonyl (C=O) groups excluding carboxylic acids is 4. The van der Waals surface area contributed by atoms with Crippen molar-refractivity contribution in [2.75, 3.05) is 23.3 Å². The summed E-state index contributed by atoms with van der Waals surface area (Å²) < 4.78 is 37.6. The lowest BCUT2D eigenvalue weighted by atomic mass is 10.1. The number of benzene rings is 2. The molecule has 39 heavy (non-hydrogen) atoms. The third kappa shape index (κ3) is 7.34. The average Bonchev–Trinajstić information content (AvgIpc) is 3.20. The summed E-state index contributed by atoms with van der Waals surface area (Å²) in [5.41, 5.74) is 0.225. The van der Waals surface area contributed by atoms with Crippen molar-refractivity contribution in [1.82, 2.24) is 5.32 Å². The molecule has 0 radical (unpaired) electrons. The van der Waals surface area contributed by atoms with Crippen LogP contribution in [0.3, 0.4) is 0 Å². The fourth-order valence-electron chi connectivity index (χ4n) is 3.32. The summed E-state index contributed by atoms with van der Waals surface area (Å²) in [6.07, 6.45) is -0.997. The summed E-state index contributed by atoms with van der Waals surface area (Å²) >= 11 is 6.62. The molecule has 1 aromatic heterocycles. The highest BCUT2D eigenvalue weighted by Gasteiger charge is 2.28. The van der Waals surface area contributed by atoms with Gasteiger partial charge in [-0.2, -0.15) is 0 Å². The maximum Gasteiger partial charge on any atom is 0.414 e. The van der Waals surface area contributed by atoms with Gasteiger partial charge in [0.1, 0.15) is 9.88 Å². The Kier molecular flexibility index (Phi) is 9.67. The first-order valence-electron chi connectivity index (χ1n) is 11.4. The number of anilines is 2. The van der Waals surface area contributed by atoms with Gasteiger partial charge in [-0.3, -0.25) is 19.6 Å². The number of alkyl carbamates (subject to hydrolysis) is 1. The van der Waals surface area contributed by atoms with Crippen molar-refractivity contribution in [2.45, 2.75) is 25.7 Å². The molecule has 0 unspecified atom stereocenters. The molecule has 3 amide bonds. The first-order chi connectivity index (χ1) is 18.5. The van der Waals surface area contributed by atoms with Crippen molar-refractivity contribution in [1.29, 1.82) is 0 Å². The third-order valence-corrected chi connectivity index (χ3v) is 7.89. The van der Waals surface area contributed by atoms with E-state index in [4.69, 9.17) is 21.1 Å². The van der Waals surface area contributed by atoms with Gasteiger partial charge >= 0.3 is 12.1 Å². The van der Waals surface area contributed by atoms with Crippen molar-refractivity contribution in [3.05, 3.63) is 75.1 Å². The van der Waals surface area contributed by atoms with Crippen LogP contribution in [0, 0.1) is 6.92 Å². The van der Waals surface area contributed by atoms with Crippen LogP contribution in [0.15, 0.2) is 53.4 Å². The number of rotatable bonds is 9. The molecule has 0 spiro atoms. The van der Waals surface area contributed by atoms with Gasteiger partial charge in [-0.05, 0) is 68.8 Å². The zero-order valence-corrected chi connectivity index (χ0v) is 23.4. The number of sulfonamides is 1. The molecule has 0 fully saturated rings. The molecule has 206 valence electrons. The van der Waals surface area contributed by atoms with Gasteiger partial charge in [0.15, 0.2) is 0 Å². The molecule has 3 rings (SSSR count). The number of thiophene rings is 1. The maximum atomic E-state index is 13.1. The van der Waals surface area contributed by atoms with Gasteiger partial charge in [-0.1, -0.05) is 17.7 Å². The van der Waals surface area contributed by atoms with Crippen LogP contribution in [0.1, 0.15) is 49.8 Å². The topological polar surface area (TPSA) is 157 Å². The van der Waals surface area contributed by atoms with Crippen LogP contribution in [0.2, 0.25) is 5.02 Å². The monoisotopic (exact) mass is 593 g/mol. The SMILES string of the molecule is CCOC(=O)NC(=O)c1c(NC(=O)c2cccc(NS(=O)(=O)c3ccc(Cl)cc3)c2)sc(C(=O)OCC)c1C. The molecule has 0 saturated carbocycles.